The number of fused-ring (bicyclic) bond motifs is 8. The first-order valence-electron chi connectivity index (χ1n) is 11.8. The van der Waals surface area contributed by atoms with Gasteiger partial charge in [0.15, 0.2) is 0 Å². The van der Waals surface area contributed by atoms with Crippen molar-refractivity contribution in [2.75, 3.05) is 4.67 Å². The third kappa shape index (κ3) is 2.97. The Kier molecular flexibility index (Phi) is 4.47. The lowest BCUT2D eigenvalue weighted by Crippen LogP contribution is -2.30. The van der Waals surface area contributed by atoms with Crippen LogP contribution in [0.3, 0.4) is 0 Å². The molecule has 34 heavy (non-hydrogen) atoms. The summed E-state index contributed by atoms with van der Waals surface area (Å²) in [5, 5.41) is 7.01. The number of para-hydroxylation sites is 1. The van der Waals surface area contributed by atoms with E-state index in [0.717, 1.165) is 34.8 Å². The summed E-state index contributed by atoms with van der Waals surface area (Å²) < 4.78 is 16.0. The van der Waals surface area contributed by atoms with Crippen molar-refractivity contribution in [3.63, 3.8) is 0 Å². The highest BCUT2D eigenvalue weighted by molar-refractivity contribution is 7.39. The molecule has 0 fully saturated rings. The van der Waals surface area contributed by atoms with Gasteiger partial charge >= 0.3 is 8.16 Å². The monoisotopic (exact) mass is 461 g/mol. The number of rotatable bonds is 1. The zero-order chi connectivity index (χ0) is 22.6. The highest BCUT2D eigenvalue weighted by Crippen LogP contribution is 2.47. The predicted octanol–water partition coefficient (Wildman–Crippen LogP) is 9.20. The second kappa shape index (κ2) is 7.68. The molecule has 4 heteroatoms. The fourth-order valence-electron chi connectivity index (χ4n) is 5.36. The van der Waals surface area contributed by atoms with Crippen molar-refractivity contribution in [2.24, 2.45) is 0 Å². The van der Waals surface area contributed by atoms with E-state index in [9.17, 15) is 0 Å². The SMILES string of the molecule is C[C@H]1CCc2ccccc2N1p1oc2ccc3ccccc3c2c2c(ccc3ccccc32)o1. The fourth-order valence-corrected chi connectivity index (χ4v) is 7.03. The van der Waals surface area contributed by atoms with Crippen molar-refractivity contribution in [1.29, 1.82) is 0 Å². The molecule has 0 bridgehead atoms. The van der Waals surface area contributed by atoms with Gasteiger partial charge < -0.3 is 8.39 Å². The van der Waals surface area contributed by atoms with Crippen LogP contribution in [0.4, 0.5) is 5.69 Å². The van der Waals surface area contributed by atoms with E-state index in [4.69, 9.17) is 8.39 Å². The maximum atomic E-state index is 6.83. The Labute approximate surface area is 198 Å². The van der Waals surface area contributed by atoms with Crippen LogP contribution >= 0.6 is 8.16 Å². The van der Waals surface area contributed by atoms with E-state index in [2.05, 4.69) is 109 Å². The summed E-state index contributed by atoms with van der Waals surface area (Å²) in [5.41, 5.74) is 4.35. The molecule has 0 unspecified atom stereocenters. The van der Waals surface area contributed by atoms with Gasteiger partial charge in [0.1, 0.15) is 11.2 Å². The summed E-state index contributed by atoms with van der Waals surface area (Å²) >= 11 is 0. The molecule has 0 saturated heterocycles. The van der Waals surface area contributed by atoms with Gasteiger partial charge in [0, 0.05) is 16.8 Å². The van der Waals surface area contributed by atoms with E-state index in [-0.39, 0.29) is 0 Å². The van der Waals surface area contributed by atoms with Crippen molar-refractivity contribution in [3.8, 4) is 0 Å². The summed E-state index contributed by atoms with van der Waals surface area (Å²) in [6.45, 7) is 2.28. The van der Waals surface area contributed by atoms with E-state index in [0.29, 0.717) is 6.04 Å². The Morgan fingerprint density at radius 2 is 1.24 bits per heavy atom. The van der Waals surface area contributed by atoms with Crippen LogP contribution < -0.4 is 4.67 Å². The lowest BCUT2D eigenvalue weighted by atomic mass is 9.99. The zero-order valence-corrected chi connectivity index (χ0v) is 19.8. The third-order valence-electron chi connectivity index (χ3n) is 7.05. The highest BCUT2D eigenvalue weighted by atomic mass is 31.1. The van der Waals surface area contributed by atoms with E-state index in [1.54, 1.807) is 0 Å². The maximum Gasteiger partial charge on any atom is 0.341 e. The molecule has 0 N–H and O–H groups in total. The van der Waals surface area contributed by atoms with E-state index >= 15 is 0 Å². The number of hydrogen-bond donors (Lipinski definition) is 0. The van der Waals surface area contributed by atoms with Crippen LogP contribution in [-0.2, 0) is 6.42 Å². The van der Waals surface area contributed by atoms with Gasteiger partial charge in [0.2, 0.25) is 0 Å². The molecule has 0 radical (unpaired) electrons. The smallest absolute Gasteiger partial charge is 0.341 e. The molecule has 0 spiro atoms. The Morgan fingerprint density at radius 3 is 1.88 bits per heavy atom. The van der Waals surface area contributed by atoms with Crippen molar-refractivity contribution < 1.29 is 8.39 Å². The van der Waals surface area contributed by atoms with Gasteiger partial charge in [-0.2, -0.15) is 0 Å². The number of aryl methyl sites for hydroxylation is 1. The van der Waals surface area contributed by atoms with Gasteiger partial charge in [-0.1, -0.05) is 78.9 Å². The van der Waals surface area contributed by atoms with E-state index in [1.807, 2.05) is 0 Å². The number of anilines is 1. The van der Waals surface area contributed by atoms with Crippen LogP contribution in [0.2, 0.25) is 0 Å². The van der Waals surface area contributed by atoms with Gasteiger partial charge in [-0.25, -0.2) is 0 Å². The molecule has 1 aliphatic rings. The van der Waals surface area contributed by atoms with Crippen molar-refractivity contribution >= 4 is 57.3 Å². The van der Waals surface area contributed by atoms with Crippen LogP contribution in [0.25, 0.3) is 43.5 Å². The maximum absolute atomic E-state index is 6.83. The highest BCUT2D eigenvalue weighted by Gasteiger charge is 2.28. The number of benzene rings is 5. The van der Waals surface area contributed by atoms with Crippen LogP contribution in [-0.4, -0.2) is 6.04 Å². The topological polar surface area (TPSA) is 29.5 Å². The van der Waals surface area contributed by atoms with Gasteiger partial charge in [-0.05, 0) is 65.1 Å². The fraction of sp³-hybridized carbons (Fsp3) is 0.133. The quantitative estimate of drug-likeness (QED) is 0.244. The van der Waals surface area contributed by atoms with Gasteiger partial charge in [-0.3, -0.25) is 4.67 Å². The molecule has 2 heterocycles. The van der Waals surface area contributed by atoms with Crippen LogP contribution in [0.15, 0.2) is 105 Å². The second-order valence-electron chi connectivity index (χ2n) is 9.10. The number of nitrogens with zero attached hydrogens (tertiary/aromatic N) is 1. The molecule has 1 aromatic heterocycles. The van der Waals surface area contributed by atoms with Crippen LogP contribution in [0.1, 0.15) is 18.9 Å². The molecule has 0 aliphatic carbocycles. The molecule has 7 rings (SSSR count). The Balaban J connectivity index is 1.67. The average Bonchev–Trinajstić information content (AvgIpc) is 3.05. The molecule has 0 saturated carbocycles. The summed E-state index contributed by atoms with van der Waals surface area (Å²) in [5.74, 6) is 0. The second-order valence-corrected chi connectivity index (χ2v) is 10.4. The van der Waals surface area contributed by atoms with Crippen LogP contribution in [0, 0.1) is 0 Å². The largest absolute Gasteiger partial charge is 0.404 e. The third-order valence-corrected chi connectivity index (χ3v) is 8.72. The summed E-state index contributed by atoms with van der Waals surface area (Å²) in [6, 6.07) is 34.6. The first-order chi connectivity index (χ1) is 16.8. The molecule has 1 atom stereocenters. The normalized spacial score (nSPS) is 15.8. The van der Waals surface area contributed by atoms with Gasteiger partial charge in [0.05, 0.1) is 5.69 Å². The Morgan fingerprint density at radius 1 is 0.676 bits per heavy atom. The molecular formula is C30H24NO2P. The molecular weight excluding hydrogens is 437 g/mol. The van der Waals surface area contributed by atoms with Crippen molar-refractivity contribution in [1.82, 2.24) is 0 Å². The minimum absolute atomic E-state index is 0.326. The molecule has 5 aromatic carbocycles. The minimum Gasteiger partial charge on any atom is -0.404 e. The van der Waals surface area contributed by atoms with Gasteiger partial charge in [-0.15, -0.1) is 0 Å². The minimum atomic E-state index is -1.39. The zero-order valence-electron chi connectivity index (χ0n) is 18.9. The molecule has 166 valence electrons. The predicted molar refractivity (Wildman–Crippen MR) is 143 cm³/mol. The summed E-state index contributed by atoms with van der Waals surface area (Å²) in [4.78, 5) is 0. The first kappa shape index (κ1) is 19.8. The lowest BCUT2D eigenvalue weighted by molar-refractivity contribution is 0.585. The standard InChI is InChI=1S/C30H24NO2P/c1-20-14-15-23-10-4-7-13-26(23)31(20)34-32-27-18-16-21-8-2-5-11-24(21)29(27)30-25-12-6-3-9-22(25)17-19-28(30)33-34/h2-13,16-20H,14-15H2,1H3/t20-/m0/s1. The number of hydrogen-bond acceptors (Lipinski definition) is 3. The van der Waals surface area contributed by atoms with Crippen LogP contribution in [0.5, 0.6) is 0 Å². The molecule has 1 aliphatic heterocycles. The summed E-state index contributed by atoms with van der Waals surface area (Å²) in [7, 11) is -1.39. The van der Waals surface area contributed by atoms with Crippen molar-refractivity contribution in [2.45, 2.75) is 25.8 Å². The van der Waals surface area contributed by atoms with E-state index < -0.39 is 8.16 Å². The summed E-state index contributed by atoms with van der Waals surface area (Å²) in [6.07, 6.45) is 2.16. The Bertz CT molecular complexity index is 1660. The molecule has 0 amide bonds. The molecule has 3 nitrogen and oxygen atoms in total. The average molecular weight is 462 g/mol. The van der Waals surface area contributed by atoms with Crippen molar-refractivity contribution in [3.05, 3.63) is 103 Å². The Hall–Kier alpha value is -3.68. The molecule has 6 aromatic rings. The van der Waals surface area contributed by atoms with Gasteiger partial charge in [0.25, 0.3) is 0 Å². The lowest BCUT2D eigenvalue weighted by Gasteiger charge is -2.33. The first-order valence-corrected chi connectivity index (χ1v) is 13.0. The van der Waals surface area contributed by atoms with E-state index in [1.165, 1.54) is 32.8 Å².